The quantitative estimate of drug-likeness (QED) is 0.704. The van der Waals surface area contributed by atoms with Crippen LogP contribution in [0, 0.1) is 0 Å². The molecule has 0 saturated carbocycles. The number of urea groups is 1. The molecule has 2 aromatic rings. The van der Waals surface area contributed by atoms with Crippen LogP contribution in [0.5, 0.6) is 0 Å². The lowest BCUT2D eigenvalue weighted by atomic mass is 10.1. The third-order valence-corrected chi connectivity index (χ3v) is 4.78. The first-order chi connectivity index (χ1) is 11.3. The molecule has 0 aliphatic rings. The largest absolute Gasteiger partial charge is 0.334 e. The Bertz CT molecular complexity index is 840. The molecule has 0 aliphatic heterocycles. The first-order valence-corrected chi connectivity index (χ1v) is 9.51. The number of nitrogens with one attached hydrogen (secondary N) is 2. The molecular formula is C16H18BrN3O3S. The summed E-state index contributed by atoms with van der Waals surface area (Å²) in [6.45, 7) is 2.15. The van der Waals surface area contributed by atoms with E-state index >= 15 is 0 Å². The molecule has 0 saturated heterocycles. The fourth-order valence-corrected chi connectivity index (χ4v) is 3.14. The topological polar surface area (TPSA) is 101 Å². The first-order valence-electron chi connectivity index (χ1n) is 7.17. The highest BCUT2D eigenvalue weighted by atomic mass is 79.9. The van der Waals surface area contributed by atoms with Gasteiger partial charge in [-0.15, -0.1) is 0 Å². The second-order valence-corrected chi connectivity index (χ2v) is 7.77. The van der Waals surface area contributed by atoms with Crippen LogP contribution in [0.2, 0.25) is 0 Å². The average Bonchev–Trinajstić information content (AvgIpc) is 2.52. The van der Waals surface area contributed by atoms with Gasteiger partial charge < -0.3 is 10.6 Å². The zero-order valence-electron chi connectivity index (χ0n) is 13.0. The lowest BCUT2D eigenvalue weighted by Crippen LogP contribution is -2.36. The molecule has 4 N–H and O–H groups in total. The molecule has 0 heterocycles. The molecule has 0 fully saturated rings. The molecule has 128 valence electrons. The number of amides is 2. The number of sulfonamides is 1. The van der Waals surface area contributed by atoms with E-state index in [1.807, 2.05) is 24.3 Å². The minimum absolute atomic E-state index is 0.0168. The molecule has 0 aromatic heterocycles. The van der Waals surface area contributed by atoms with Crippen LogP contribution in [0.1, 0.15) is 24.1 Å². The first kappa shape index (κ1) is 18.4. The van der Waals surface area contributed by atoms with Crippen molar-refractivity contribution < 1.29 is 13.2 Å². The van der Waals surface area contributed by atoms with Gasteiger partial charge in [0, 0.05) is 11.0 Å². The fourth-order valence-electron chi connectivity index (χ4n) is 2.12. The van der Waals surface area contributed by atoms with Gasteiger partial charge in [-0.25, -0.2) is 18.4 Å². The number of benzene rings is 2. The van der Waals surface area contributed by atoms with Gasteiger partial charge in [0.05, 0.1) is 10.9 Å². The molecule has 8 heteroatoms. The predicted octanol–water partition coefficient (Wildman–Crippen LogP) is 2.66. The number of nitrogens with two attached hydrogens (primary N) is 1. The van der Waals surface area contributed by atoms with E-state index in [2.05, 4.69) is 26.6 Å². The molecular weight excluding hydrogens is 394 g/mol. The molecule has 2 rings (SSSR count). The van der Waals surface area contributed by atoms with Crippen LogP contribution in [0.3, 0.4) is 0 Å². The van der Waals surface area contributed by atoms with Gasteiger partial charge in [-0.2, -0.15) is 0 Å². The van der Waals surface area contributed by atoms with Crippen LogP contribution in [0.15, 0.2) is 57.9 Å². The maximum absolute atomic E-state index is 12.0. The highest BCUT2D eigenvalue weighted by Crippen LogP contribution is 2.16. The molecule has 2 aromatic carbocycles. The Morgan fingerprint density at radius 3 is 2.58 bits per heavy atom. The van der Waals surface area contributed by atoms with Crippen molar-refractivity contribution in [3.05, 3.63) is 64.1 Å². The number of carbonyl (C=O) groups excluding carboxylic acids is 1. The van der Waals surface area contributed by atoms with Crippen molar-refractivity contribution in [3.8, 4) is 0 Å². The van der Waals surface area contributed by atoms with E-state index in [9.17, 15) is 13.2 Å². The highest BCUT2D eigenvalue weighted by molar-refractivity contribution is 9.10. The summed E-state index contributed by atoms with van der Waals surface area (Å²) in [6, 6.07) is 13.1. The Balaban J connectivity index is 1.96. The maximum atomic E-state index is 12.0. The number of rotatable bonds is 5. The van der Waals surface area contributed by atoms with Crippen LogP contribution < -0.4 is 15.8 Å². The van der Waals surface area contributed by atoms with Crippen molar-refractivity contribution in [1.82, 2.24) is 10.6 Å². The Morgan fingerprint density at radius 1 is 1.21 bits per heavy atom. The van der Waals surface area contributed by atoms with Crippen LogP contribution in [0.4, 0.5) is 4.79 Å². The fraction of sp³-hybridized carbons (Fsp3) is 0.188. The van der Waals surface area contributed by atoms with Gasteiger partial charge in [-0.3, -0.25) is 0 Å². The molecule has 0 unspecified atom stereocenters. The van der Waals surface area contributed by atoms with Gasteiger partial charge in [-0.1, -0.05) is 40.2 Å². The van der Waals surface area contributed by atoms with Crippen LogP contribution >= 0.6 is 15.9 Å². The van der Waals surface area contributed by atoms with Gasteiger partial charge in [0.15, 0.2) is 0 Å². The second kappa shape index (κ2) is 7.78. The van der Waals surface area contributed by atoms with Crippen LogP contribution in [0.25, 0.3) is 0 Å². The lowest BCUT2D eigenvalue weighted by Gasteiger charge is -2.16. The number of halogens is 1. The Kier molecular flexibility index (Phi) is 5.98. The molecule has 0 spiro atoms. The second-order valence-electron chi connectivity index (χ2n) is 5.30. The van der Waals surface area contributed by atoms with E-state index in [0.29, 0.717) is 12.1 Å². The molecule has 24 heavy (non-hydrogen) atoms. The summed E-state index contributed by atoms with van der Waals surface area (Å²) in [6.07, 6.45) is 0. The average molecular weight is 412 g/mol. The monoisotopic (exact) mass is 411 g/mol. The Morgan fingerprint density at radius 2 is 1.92 bits per heavy atom. The maximum Gasteiger partial charge on any atom is 0.315 e. The molecule has 2 amide bonds. The summed E-state index contributed by atoms with van der Waals surface area (Å²) in [7, 11) is -3.77. The third kappa shape index (κ3) is 5.33. The van der Waals surface area contributed by atoms with Crippen LogP contribution in [-0.2, 0) is 16.6 Å². The SMILES string of the molecule is C[C@@H](NC(=O)NCc1cccc(Br)c1)c1cccc(S(N)(=O)=O)c1. The highest BCUT2D eigenvalue weighted by Gasteiger charge is 2.13. The normalized spacial score (nSPS) is 12.5. The van der Waals surface area contributed by atoms with Crippen molar-refractivity contribution in [3.63, 3.8) is 0 Å². The molecule has 0 bridgehead atoms. The van der Waals surface area contributed by atoms with E-state index in [4.69, 9.17) is 5.14 Å². The number of carbonyl (C=O) groups is 1. The smallest absolute Gasteiger partial charge is 0.315 e. The Labute approximate surface area is 149 Å². The van der Waals surface area contributed by atoms with Gasteiger partial charge >= 0.3 is 6.03 Å². The van der Waals surface area contributed by atoms with Crippen molar-refractivity contribution in [2.45, 2.75) is 24.4 Å². The molecule has 0 aliphatic carbocycles. The summed E-state index contributed by atoms with van der Waals surface area (Å²) in [5, 5.41) is 10.6. The Hall–Kier alpha value is -1.90. The van der Waals surface area contributed by atoms with Gasteiger partial charge in [0.25, 0.3) is 0 Å². The minimum Gasteiger partial charge on any atom is -0.334 e. The number of hydrogen-bond acceptors (Lipinski definition) is 3. The number of primary sulfonamides is 1. The van der Waals surface area contributed by atoms with Crippen molar-refractivity contribution in [1.29, 1.82) is 0 Å². The minimum atomic E-state index is -3.77. The van der Waals surface area contributed by atoms with Gasteiger partial charge in [0.1, 0.15) is 0 Å². The summed E-state index contributed by atoms with van der Waals surface area (Å²) in [4.78, 5) is 12.0. The van der Waals surface area contributed by atoms with E-state index in [-0.39, 0.29) is 17.0 Å². The van der Waals surface area contributed by atoms with Crippen molar-refractivity contribution >= 4 is 32.0 Å². The zero-order valence-corrected chi connectivity index (χ0v) is 15.4. The standard InChI is InChI=1S/C16H18BrN3O3S/c1-11(13-5-3-7-15(9-13)24(18,22)23)20-16(21)19-10-12-4-2-6-14(17)8-12/h2-9,11H,10H2,1H3,(H2,18,22,23)(H2,19,20,21)/t11-/m1/s1. The molecule has 6 nitrogen and oxygen atoms in total. The van der Waals surface area contributed by atoms with Crippen molar-refractivity contribution in [2.24, 2.45) is 5.14 Å². The number of hydrogen-bond donors (Lipinski definition) is 3. The third-order valence-electron chi connectivity index (χ3n) is 3.38. The zero-order chi connectivity index (χ0) is 17.7. The lowest BCUT2D eigenvalue weighted by molar-refractivity contribution is 0.237. The summed E-state index contributed by atoms with van der Waals surface area (Å²) < 4.78 is 23.7. The van der Waals surface area contributed by atoms with Gasteiger partial charge in [-0.05, 0) is 42.3 Å². The predicted molar refractivity (Wildman–Crippen MR) is 95.7 cm³/mol. The molecule has 0 radical (unpaired) electrons. The van der Waals surface area contributed by atoms with E-state index in [1.54, 1.807) is 19.1 Å². The van der Waals surface area contributed by atoms with E-state index < -0.39 is 10.0 Å². The summed E-state index contributed by atoms with van der Waals surface area (Å²) in [5.41, 5.74) is 1.61. The van der Waals surface area contributed by atoms with E-state index in [0.717, 1.165) is 10.0 Å². The van der Waals surface area contributed by atoms with E-state index in [1.165, 1.54) is 12.1 Å². The van der Waals surface area contributed by atoms with Crippen molar-refractivity contribution in [2.75, 3.05) is 0 Å². The summed E-state index contributed by atoms with van der Waals surface area (Å²) >= 11 is 3.38. The summed E-state index contributed by atoms with van der Waals surface area (Å²) in [5.74, 6) is 0. The van der Waals surface area contributed by atoms with Gasteiger partial charge in [0.2, 0.25) is 10.0 Å². The van der Waals surface area contributed by atoms with Crippen LogP contribution in [-0.4, -0.2) is 14.4 Å². The molecule has 1 atom stereocenters.